The molecular formula is C15H19N3O. The maximum Gasteiger partial charge on any atom is 0.252 e. The molecule has 1 saturated carbocycles. The second kappa shape index (κ2) is 5.05. The van der Waals surface area contributed by atoms with Crippen molar-refractivity contribution in [3.05, 3.63) is 36.0 Å². The third kappa shape index (κ3) is 2.63. The lowest BCUT2D eigenvalue weighted by Gasteiger charge is -2.15. The molecule has 0 atom stereocenters. The maximum absolute atomic E-state index is 12.2. The largest absolute Gasteiger partial charge is 0.361 e. The number of likely N-dealkylation sites (N-methyl/N-ethyl adjacent to an activating group) is 1. The van der Waals surface area contributed by atoms with Crippen molar-refractivity contribution in [3.63, 3.8) is 0 Å². The molecule has 100 valence electrons. The van der Waals surface area contributed by atoms with Gasteiger partial charge >= 0.3 is 0 Å². The minimum absolute atomic E-state index is 0.00870. The molecule has 3 rings (SSSR count). The van der Waals surface area contributed by atoms with Gasteiger partial charge in [-0.3, -0.25) is 4.79 Å². The van der Waals surface area contributed by atoms with Crippen LogP contribution in [0.25, 0.3) is 10.9 Å². The number of fused-ring (bicyclic) bond motifs is 1. The number of carbonyl (C=O) groups is 1. The minimum Gasteiger partial charge on any atom is -0.361 e. The van der Waals surface area contributed by atoms with Crippen LogP contribution in [0.3, 0.4) is 0 Å². The summed E-state index contributed by atoms with van der Waals surface area (Å²) in [5.74, 6) is 0.00870. The lowest BCUT2D eigenvalue weighted by molar-refractivity contribution is 0.0951. The average Bonchev–Trinajstić information content (AvgIpc) is 3.15. The summed E-state index contributed by atoms with van der Waals surface area (Å²) in [5.41, 5.74) is 1.75. The summed E-state index contributed by atoms with van der Waals surface area (Å²) in [6, 6.07) is 8.44. The molecular weight excluding hydrogens is 238 g/mol. The van der Waals surface area contributed by atoms with Gasteiger partial charge in [-0.1, -0.05) is 6.07 Å². The van der Waals surface area contributed by atoms with Gasteiger partial charge in [0.2, 0.25) is 0 Å². The highest BCUT2D eigenvalue weighted by atomic mass is 16.1. The molecule has 1 aromatic heterocycles. The molecule has 0 bridgehead atoms. The van der Waals surface area contributed by atoms with Gasteiger partial charge in [0.15, 0.2) is 0 Å². The fourth-order valence-electron chi connectivity index (χ4n) is 2.42. The van der Waals surface area contributed by atoms with Crippen molar-refractivity contribution in [2.24, 2.45) is 0 Å². The van der Waals surface area contributed by atoms with E-state index in [0.717, 1.165) is 29.1 Å². The van der Waals surface area contributed by atoms with Crippen molar-refractivity contribution >= 4 is 16.8 Å². The SMILES string of the molecule is CN(CCNC(=O)c1cccc2[nH]ccc12)C1CC1. The van der Waals surface area contributed by atoms with Crippen LogP contribution in [0.1, 0.15) is 23.2 Å². The van der Waals surface area contributed by atoms with Crippen LogP contribution < -0.4 is 5.32 Å². The topological polar surface area (TPSA) is 48.1 Å². The lowest BCUT2D eigenvalue weighted by Crippen LogP contribution is -2.34. The highest BCUT2D eigenvalue weighted by Crippen LogP contribution is 2.24. The standard InChI is InChI=1S/C15H19N3O/c1-18(11-5-6-11)10-9-17-15(19)13-3-2-4-14-12(13)7-8-16-14/h2-4,7-8,11,16H,5-6,9-10H2,1H3,(H,17,19). The van der Waals surface area contributed by atoms with Gasteiger partial charge in [0, 0.05) is 41.8 Å². The highest BCUT2D eigenvalue weighted by molar-refractivity contribution is 6.06. The third-order valence-corrected chi connectivity index (χ3v) is 3.76. The Labute approximate surface area is 112 Å². The summed E-state index contributed by atoms with van der Waals surface area (Å²) >= 11 is 0. The van der Waals surface area contributed by atoms with Crippen molar-refractivity contribution < 1.29 is 4.79 Å². The molecule has 0 spiro atoms. The van der Waals surface area contributed by atoms with Gasteiger partial charge in [0.05, 0.1) is 0 Å². The second-order valence-electron chi connectivity index (χ2n) is 5.21. The zero-order valence-corrected chi connectivity index (χ0v) is 11.1. The number of nitrogens with one attached hydrogen (secondary N) is 2. The monoisotopic (exact) mass is 257 g/mol. The van der Waals surface area contributed by atoms with Crippen LogP contribution >= 0.6 is 0 Å². The second-order valence-corrected chi connectivity index (χ2v) is 5.21. The predicted molar refractivity (Wildman–Crippen MR) is 76.3 cm³/mol. The molecule has 4 heteroatoms. The van der Waals surface area contributed by atoms with Crippen LogP contribution in [0.2, 0.25) is 0 Å². The summed E-state index contributed by atoms with van der Waals surface area (Å²) in [6.07, 6.45) is 4.46. The smallest absolute Gasteiger partial charge is 0.252 e. The van der Waals surface area contributed by atoms with Crippen molar-refractivity contribution in [1.82, 2.24) is 15.2 Å². The van der Waals surface area contributed by atoms with Crippen LogP contribution in [0, 0.1) is 0 Å². The van der Waals surface area contributed by atoms with Gasteiger partial charge < -0.3 is 15.2 Å². The van der Waals surface area contributed by atoms with E-state index in [1.165, 1.54) is 12.8 Å². The number of carbonyl (C=O) groups excluding carboxylic acids is 1. The van der Waals surface area contributed by atoms with Crippen LogP contribution in [0.4, 0.5) is 0 Å². The average molecular weight is 257 g/mol. The van der Waals surface area contributed by atoms with Crippen molar-refractivity contribution in [2.45, 2.75) is 18.9 Å². The normalized spacial score (nSPS) is 15.1. The van der Waals surface area contributed by atoms with E-state index in [9.17, 15) is 4.79 Å². The van der Waals surface area contributed by atoms with Crippen molar-refractivity contribution in [3.8, 4) is 0 Å². The Morgan fingerprint density at radius 2 is 2.26 bits per heavy atom. The number of nitrogens with zero attached hydrogens (tertiary/aromatic N) is 1. The summed E-state index contributed by atoms with van der Waals surface area (Å²) in [4.78, 5) is 17.6. The molecule has 4 nitrogen and oxygen atoms in total. The molecule has 0 unspecified atom stereocenters. The van der Waals surface area contributed by atoms with E-state index in [-0.39, 0.29) is 5.91 Å². The van der Waals surface area contributed by atoms with Gasteiger partial charge in [-0.05, 0) is 38.1 Å². The highest BCUT2D eigenvalue weighted by Gasteiger charge is 2.25. The first kappa shape index (κ1) is 12.2. The number of benzene rings is 1. The summed E-state index contributed by atoms with van der Waals surface area (Å²) in [7, 11) is 2.12. The summed E-state index contributed by atoms with van der Waals surface area (Å²) in [6.45, 7) is 1.62. The number of hydrogen-bond donors (Lipinski definition) is 2. The number of hydrogen-bond acceptors (Lipinski definition) is 2. The Morgan fingerprint density at radius 1 is 1.42 bits per heavy atom. The Bertz CT molecular complexity index is 586. The van der Waals surface area contributed by atoms with E-state index in [0.29, 0.717) is 6.54 Å². The molecule has 1 aliphatic carbocycles. The van der Waals surface area contributed by atoms with E-state index in [1.54, 1.807) is 0 Å². The molecule has 19 heavy (non-hydrogen) atoms. The minimum atomic E-state index is 0.00870. The first-order valence-electron chi connectivity index (χ1n) is 6.80. The quantitative estimate of drug-likeness (QED) is 0.860. The molecule has 1 fully saturated rings. The molecule has 1 heterocycles. The summed E-state index contributed by atoms with van der Waals surface area (Å²) < 4.78 is 0. The fraction of sp³-hybridized carbons (Fsp3) is 0.400. The van der Waals surface area contributed by atoms with E-state index in [2.05, 4.69) is 22.2 Å². The Hall–Kier alpha value is -1.81. The number of aromatic nitrogens is 1. The Kier molecular flexibility index (Phi) is 3.25. The van der Waals surface area contributed by atoms with E-state index < -0.39 is 0 Å². The van der Waals surface area contributed by atoms with Gasteiger partial charge in [0.1, 0.15) is 0 Å². The third-order valence-electron chi connectivity index (χ3n) is 3.76. The van der Waals surface area contributed by atoms with E-state index in [4.69, 9.17) is 0 Å². The van der Waals surface area contributed by atoms with Crippen molar-refractivity contribution in [2.75, 3.05) is 20.1 Å². The molecule has 2 aromatic rings. The Morgan fingerprint density at radius 3 is 3.05 bits per heavy atom. The first-order valence-corrected chi connectivity index (χ1v) is 6.80. The predicted octanol–water partition coefficient (Wildman–Crippen LogP) is 1.99. The van der Waals surface area contributed by atoms with Crippen molar-refractivity contribution in [1.29, 1.82) is 0 Å². The number of aromatic amines is 1. The van der Waals surface area contributed by atoms with Crippen LogP contribution in [0.5, 0.6) is 0 Å². The maximum atomic E-state index is 12.2. The number of H-pyrrole nitrogens is 1. The van der Waals surface area contributed by atoms with Crippen LogP contribution in [-0.4, -0.2) is 42.0 Å². The fourth-order valence-corrected chi connectivity index (χ4v) is 2.42. The number of amides is 1. The molecule has 1 aromatic carbocycles. The Balaban J connectivity index is 1.61. The first-order chi connectivity index (χ1) is 9.25. The summed E-state index contributed by atoms with van der Waals surface area (Å²) in [5, 5.41) is 3.98. The van der Waals surface area contributed by atoms with Gasteiger partial charge in [-0.15, -0.1) is 0 Å². The molecule has 1 amide bonds. The van der Waals surface area contributed by atoms with Gasteiger partial charge in [-0.25, -0.2) is 0 Å². The van der Waals surface area contributed by atoms with Crippen LogP contribution in [-0.2, 0) is 0 Å². The van der Waals surface area contributed by atoms with E-state index in [1.807, 2.05) is 30.5 Å². The molecule has 2 N–H and O–H groups in total. The van der Waals surface area contributed by atoms with Gasteiger partial charge in [-0.2, -0.15) is 0 Å². The number of rotatable bonds is 5. The zero-order valence-electron chi connectivity index (χ0n) is 11.1. The van der Waals surface area contributed by atoms with Gasteiger partial charge in [0.25, 0.3) is 5.91 Å². The van der Waals surface area contributed by atoms with Crippen LogP contribution in [0.15, 0.2) is 30.5 Å². The zero-order chi connectivity index (χ0) is 13.2. The lowest BCUT2D eigenvalue weighted by atomic mass is 10.1. The molecule has 0 radical (unpaired) electrons. The molecule has 0 saturated heterocycles. The molecule has 0 aliphatic heterocycles. The molecule has 1 aliphatic rings. The van der Waals surface area contributed by atoms with E-state index >= 15 is 0 Å².